The standard InChI is InChI=1S/C41H73NO2/c1-4-6-8-10-12-14-16-18-20-22-24-26-28-30-32-34-36-39(40(42-3)38-41(43)44)37-35-33-31-29-27-25-23-21-19-17-15-13-11-9-7-5-2/h12-15,18-21,39H,4-11,16-17,22-38H2,1-3H3,(H,43,44)/b14-12-,15-13-,20-18-,21-19-,42-40+. The maximum atomic E-state index is 11.4. The summed E-state index contributed by atoms with van der Waals surface area (Å²) in [6.07, 6.45) is 51.1. The highest BCUT2D eigenvalue weighted by Crippen LogP contribution is 2.22. The Labute approximate surface area is 274 Å². The topological polar surface area (TPSA) is 49.7 Å². The third-order valence-corrected chi connectivity index (χ3v) is 8.60. The van der Waals surface area contributed by atoms with E-state index in [0.717, 1.165) is 31.4 Å². The Morgan fingerprint density at radius 3 is 1.20 bits per heavy atom. The van der Waals surface area contributed by atoms with Crippen molar-refractivity contribution in [1.29, 1.82) is 0 Å². The van der Waals surface area contributed by atoms with E-state index in [2.05, 4.69) is 67.4 Å². The van der Waals surface area contributed by atoms with Crippen LogP contribution in [0.3, 0.4) is 0 Å². The Morgan fingerprint density at radius 1 is 0.523 bits per heavy atom. The number of allylic oxidation sites excluding steroid dienone is 8. The summed E-state index contributed by atoms with van der Waals surface area (Å²) >= 11 is 0. The second-order valence-electron chi connectivity index (χ2n) is 12.7. The molecule has 0 spiro atoms. The molecular weight excluding hydrogens is 538 g/mol. The zero-order valence-corrected chi connectivity index (χ0v) is 29.6. The first-order valence-corrected chi connectivity index (χ1v) is 18.9. The normalized spacial score (nSPS) is 12.8. The van der Waals surface area contributed by atoms with Crippen molar-refractivity contribution in [2.45, 2.75) is 187 Å². The summed E-state index contributed by atoms with van der Waals surface area (Å²) in [5, 5.41) is 9.39. The lowest BCUT2D eigenvalue weighted by Gasteiger charge is -2.18. The molecule has 0 aromatic heterocycles. The summed E-state index contributed by atoms with van der Waals surface area (Å²) < 4.78 is 0. The first kappa shape index (κ1) is 42.1. The highest BCUT2D eigenvalue weighted by Gasteiger charge is 2.17. The first-order valence-electron chi connectivity index (χ1n) is 18.9. The van der Waals surface area contributed by atoms with Crippen molar-refractivity contribution < 1.29 is 9.90 Å². The number of nitrogens with zero attached hydrogens (tertiary/aromatic N) is 1. The van der Waals surface area contributed by atoms with Crippen molar-refractivity contribution in [1.82, 2.24) is 0 Å². The van der Waals surface area contributed by atoms with Crippen molar-refractivity contribution in [3.8, 4) is 0 Å². The molecule has 0 fully saturated rings. The molecule has 0 aromatic rings. The SMILES string of the molecule is CCCCC/C=C\C/C=C\CCCCCCCCC(CCCCCCCC/C=C\C/C=C\CCCCC)/C(CC(=O)O)=N/C. The number of carboxylic acids is 1. The van der Waals surface area contributed by atoms with Gasteiger partial charge >= 0.3 is 5.97 Å². The van der Waals surface area contributed by atoms with Crippen LogP contribution in [0.1, 0.15) is 187 Å². The minimum atomic E-state index is -0.746. The van der Waals surface area contributed by atoms with Gasteiger partial charge in [-0.1, -0.05) is 152 Å². The van der Waals surface area contributed by atoms with Crippen molar-refractivity contribution >= 4 is 11.7 Å². The van der Waals surface area contributed by atoms with Crippen LogP contribution in [0.4, 0.5) is 0 Å². The number of hydrogen-bond acceptors (Lipinski definition) is 2. The average Bonchev–Trinajstić information content (AvgIpc) is 3.02. The summed E-state index contributed by atoms with van der Waals surface area (Å²) in [5.41, 5.74) is 0.905. The van der Waals surface area contributed by atoms with Gasteiger partial charge in [-0.05, 0) is 83.0 Å². The summed E-state index contributed by atoms with van der Waals surface area (Å²) in [6.45, 7) is 4.51. The quantitative estimate of drug-likeness (QED) is 0.0456. The number of carbonyl (C=O) groups is 1. The molecule has 254 valence electrons. The number of hydrogen-bond donors (Lipinski definition) is 1. The van der Waals surface area contributed by atoms with E-state index in [9.17, 15) is 9.90 Å². The van der Waals surface area contributed by atoms with Gasteiger partial charge in [-0.2, -0.15) is 0 Å². The molecule has 0 aliphatic heterocycles. The molecule has 0 amide bonds. The van der Waals surface area contributed by atoms with Gasteiger partial charge in [0.05, 0.1) is 6.42 Å². The van der Waals surface area contributed by atoms with Gasteiger partial charge in [-0.3, -0.25) is 9.79 Å². The number of unbranched alkanes of at least 4 members (excludes halogenated alkanes) is 18. The lowest BCUT2D eigenvalue weighted by Crippen LogP contribution is -2.19. The van der Waals surface area contributed by atoms with Crippen LogP contribution in [0.25, 0.3) is 0 Å². The van der Waals surface area contributed by atoms with Crippen molar-refractivity contribution in [3.63, 3.8) is 0 Å². The summed E-state index contributed by atoms with van der Waals surface area (Å²) in [4.78, 5) is 15.8. The van der Waals surface area contributed by atoms with E-state index >= 15 is 0 Å². The predicted molar refractivity (Wildman–Crippen MR) is 197 cm³/mol. The monoisotopic (exact) mass is 612 g/mol. The van der Waals surface area contributed by atoms with E-state index in [1.165, 1.54) is 141 Å². The molecule has 44 heavy (non-hydrogen) atoms. The fraction of sp³-hybridized carbons (Fsp3) is 0.756. The summed E-state index contributed by atoms with van der Waals surface area (Å²) in [6, 6.07) is 0. The highest BCUT2D eigenvalue weighted by molar-refractivity contribution is 5.99. The molecule has 0 aromatic carbocycles. The van der Waals surface area contributed by atoms with Crippen LogP contribution in [0.5, 0.6) is 0 Å². The lowest BCUT2D eigenvalue weighted by molar-refractivity contribution is -0.135. The molecular formula is C41H73NO2. The molecule has 3 heteroatoms. The molecule has 0 saturated carbocycles. The Morgan fingerprint density at radius 2 is 0.864 bits per heavy atom. The molecule has 0 bridgehead atoms. The van der Waals surface area contributed by atoms with Crippen molar-refractivity contribution in [2.75, 3.05) is 7.05 Å². The second-order valence-corrected chi connectivity index (χ2v) is 12.7. The van der Waals surface area contributed by atoms with Crippen LogP contribution >= 0.6 is 0 Å². The van der Waals surface area contributed by atoms with Crippen LogP contribution in [0.15, 0.2) is 53.6 Å². The van der Waals surface area contributed by atoms with Crippen molar-refractivity contribution in [2.24, 2.45) is 10.9 Å². The van der Waals surface area contributed by atoms with Gasteiger partial charge in [-0.15, -0.1) is 0 Å². The number of aliphatic imine (C=N–C) groups is 1. The average molecular weight is 612 g/mol. The van der Waals surface area contributed by atoms with E-state index in [1.54, 1.807) is 7.05 Å². The molecule has 0 rings (SSSR count). The fourth-order valence-corrected chi connectivity index (χ4v) is 5.80. The number of carboxylic acid groups (broad SMARTS) is 1. The zero-order valence-electron chi connectivity index (χ0n) is 29.6. The molecule has 0 atom stereocenters. The van der Waals surface area contributed by atoms with E-state index in [4.69, 9.17) is 0 Å². The maximum absolute atomic E-state index is 11.4. The van der Waals surface area contributed by atoms with E-state index in [0.29, 0.717) is 5.92 Å². The maximum Gasteiger partial charge on any atom is 0.309 e. The largest absolute Gasteiger partial charge is 0.481 e. The van der Waals surface area contributed by atoms with E-state index < -0.39 is 5.97 Å². The Bertz CT molecular complexity index is 713. The third kappa shape index (κ3) is 31.5. The van der Waals surface area contributed by atoms with E-state index in [1.807, 2.05) is 0 Å². The van der Waals surface area contributed by atoms with E-state index in [-0.39, 0.29) is 6.42 Å². The molecule has 0 radical (unpaired) electrons. The van der Waals surface area contributed by atoms with Gasteiger partial charge in [0.15, 0.2) is 0 Å². The third-order valence-electron chi connectivity index (χ3n) is 8.60. The molecule has 0 saturated heterocycles. The van der Waals surface area contributed by atoms with Crippen LogP contribution in [-0.2, 0) is 4.79 Å². The zero-order chi connectivity index (χ0) is 32.2. The van der Waals surface area contributed by atoms with Gasteiger partial charge in [0.2, 0.25) is 0 Å². The van der Waals surface area contributed by atoms with Crippen LogP contribution in [0, 0.1) is 5.92 Å². The molecule has 0 heterocycles. The van der Waals surface area contributed by atoms with Gasteiger partial charge in [0.1, 0.15) is 0 Å². The summed E-state index contributed by atoms with van der Waals surface area (Å²) in [7, 11) is 1.78. The van der Waals surface area contributed by atoms with Crippen molar-refractivity contribution in [3.05, 3.63) is 48.6 Å². The van der Waals surface area contributed by atoms with Gasteiger partial charge < -0.3 is 5.11 Å². The minimum Gasteiger partial charge on any atom is -0.481 e. The van der Waals surface area contributed by atoms with Crippen LogP contribution in [0.2, 0.25) is 0 Å². The first-order chi connectivity index (χ1) is 21.7. The number of rotatable bonds is 33. The molecule has 0 aliphatic carbocycles. The predicted octanol–water partition coefficient (Wildman–Crippen LogP) is 13.6. The van der Waals surface area contributed by atoms with Crippen LogP contribution < -0.4 is 0 Å². The summed E-state index contributed by atoms with van der Waals surface area (Å²) in [5.74, 6) is -0.405. The number of aliphatic carboxylic acids is 1. The molecule has 3 nitrogen and oxygen atoms in total. The minimum absolute atomic E-state index is 0.103. The van der Waals surface area contributed by atoms with Gasteiger partial charge in [0, 0.05) is 12.8 Å². The molecule has 0 unspecified atom stereocenters. The molecule has 0 aliphatic rings. The van der Waals surface area contributed by atoms with Gasteiger partial charge in [0.25, 0.3) is 0 Å². The van der Waals surface area contributed by atoms with Gasteiger partial charge in [-0.25, -0.2) is 0 Å². The fourth-order valence-electron chi connectivity index (χ4n) is 5.80. The Kier molecular flexibility index (Phi) is 34.0. The molecule has 1 N–H and O–H groups in total. The second kappa shape index (κ2) is 35.6. The smallest absolute Gasteiger partial charge is 0.309 e. The lowest BCUT2D eigenvalue weighted by atomic mass is 9.88. The highest BCUT2D eigenvalue weighted by atomic mass is 16.4. The Balaban J connectivity index is 3.97. The van der Waals surface area contributed by atoms with Crippen LogP contribution in [-0.4, -0.2) is 23.8 Å². The Hall–Kier alpha value is -1.90.